The topological polar surface area (TPSA) is 63.7 Å². The third-order valence-corrected chi connectivity index (χ3v) is 3.58. The maximum Gasteiger partial charge on any atom is 0.414 e. The molecule has 1 aliphatic heterocycles. The molecule has 6 heteroatoms. The van der Waals surface area contributed by atoms with Crippen LogP contribution in [0.5, 0.6) is 0 Å². The Hall–Kier alpha value is -1.56. The van der Waals surface area contributed by atoms with Gasteiger partial charge in [-0.05, 0) is 31.2 Å². The Morgan fingerprint density at radius 3 is 2.35 bits per heavy atom. The zero-order valence-electron chi connectivity index (χ0n) is 9.29. The molecule has 1 atom stereocenters. The van der Waals surface area contributed by atoms with Crippen molar-refractivity contribution in [1.29, 1.82) is 0 Å². The van der Waals surface area contributed by atoms with Gasteiger partial charge >= 0.3 is 6.09 Å². The molecule has 1 aromatic carbocycles. The van der Waals surface area contributed by atoms with E-state index in [9.17, 15) is 13.2 Å². The lowest BCUT2D eigenvalue weighted by Gasteiger charge is -2.12. The van der Waals surface area contributed by atoms with Crippen LogP contribution >= 0.6 is 0 Å². The second-order valence-electron chi connectivity index (χ2n) is 3.88. The Labute approximate surface area is 99.9 Å². The van der Waals surface area contributed by atoms with E-state index in [0.29, 0.717) is 12.2 Å². The molecule has 5 nitrogen and oxygen atoms in total. The van der Waals surface area contributed by atoms with E-state index < -0.39 is 22.0 Å². The summed E-state index contributed by atoms with van der Waals surface area (Å²) in [7, 11) is -3.21. The Kier molecular flexibility index (Phi) is 2.82. The summed E-state index contributed by atoms with van der Waals surface area (Å²) < 4.78 is 27.4. The Morgan fingerprint density at radius 1 is 1.35 bits per heavy atom. The van der Waals surface area contributed by atoms with Crippen molar-refractivity contribution in [2.45, 2.75) is 11.0 Å². The van der Waals surface area contributed by atoms with E-state index in [4.69, 9.17) is 4.74 Å². The fourth-order valence-electron chi connectivity index (χ4n) is 1.61. The molecule has 0 spiro atoms. The molecule has 1 aromatic rings. The number of carbonyl (C=O) groups is 1. The standard InChI is InChI=1S/C11H12NO4S/c1-8-7-12(11(13)16-8)9-3-5-10(6-4-9)17(2,14)15/h3-6,8H,1,7H2,2H3. The van der Waals surface area contributed by atoms with Crippen molar-refractivity contribution in [2.75, 3.05) is 17.7 Å². The number of benzene rings is 1. The quantitative estimate of drug-likeness (QED) is 0.796. The second-order valence-corrected chi connectivity index (χ2v) is 5.90. The molecule has 17 heavy (non-hydrogen) atoms. The summed E-state index contributed by atoms with van der Waals surface area (Å²) in [6.07, 6.45) is 0.284. The van der Waals surface area contributed by atoms with E-state index in [0.717, 1.165) is 6.26 Å². The SMILES string of the molecule is [CH2]C1CN(c2ccc(S(C)(=O)=O)cc2)C(=O)O1. The monoisotopic (exact) mass is 254 g/mol. The van der Waals surface area contributed by atoms with Crippen molar-refractivity contribution in [3.8, 4) is 0 Å². The first-order valence-electron chi connectivity index (χ1n) is 4.99. The van der Waals surface area contributed by atoms with Crippen LogP contribution in [0.2, 0.25) is 0 Å². The third-order valence-electron chi connectivity index (χ3n) is 2.45. The average Bonchev–Trinajstić information content (AvgIpc) is 2.57. The minimum atomic E-state index is -3.21. The number of hydrogen-bond donors (Lipinski definition) is 0. The number of hydrogen-bond acceptors (Lipinski definition) is 4. The number of amides is 1. The molecule has 1 aliphatic rings. The lowest BCUT2D eigenvalue weighted by atomic mass is 10.3. The lowest BCUT2D eigenvalue weighted by Crippen LogP contribution is -2.23. The van der Waals surface area contributed by atoms with Gasteiger partial charge in [0.2, 0.25) is 0 Å². The lowest BCUT2D eigenvalue weighted by molar-refractivity contribution is 0.159. The van der Waals surface area contributed by atoms with Crippen molar-refractivity contribution in [2.24, 2.45) is 0 Å². The van der Waals surface area contributed by atoms with Crippen LogP contribution < -0.4 is 4.90 Å². The smallest absolute Gasteiger partial charge is 0.414 e. The van der Waals surface area contributed by atoms with Crippen molar-refractivity contribution in [3.63, 3.8) is 0 Å². The number of ether oxygens (including phenoxy) is 1. The van der Waals surface area contributed by atoms with E-state index in [1.807, 2.05) is 0 Å². The van der Waals surface area contributed by atoms with Crippen LogP contribution in [0.3, 0.4) is 0 Å². The van der Waals surface area contributed by atoms with Crippen LogP contribution in [-0.2, 0) is 14.6 Å². The summed E-state index contributed by atoms with van der Waals surface area (Å²) in [6.45, 7) is 4.01. The summed E-state index contributed by atoms with van der Waals surface area (Å²) in [6, 6.07) is 6.09. The largest absolute Gasteiger partial charge is 0.444 e. The average molecular weight is 254 g/mol. The first kappa shape index (κ1) is 11.9. The van der Waals surface area contributed by atoms with Crippen molar-refractivity contribution < 1.29 is 17.9 Å². The van der Waals surface area contributed by atoms with Gasteiger partial charge in [-0.25, -0.2) is 13.2 Å². The number of cyclic esters (lactones) is 1. The van der Waals surface area contributed by atoms with Gasteiger partial charge in [-0.2, -0.15) is 0 Å². The molecule has 0 aromatic heterocycles. The predicted octanol–water partition coefficient (Wildman–Crippen LogP) is 1.25. The molecule has 1 unspecified atom stereocenters. The van der Waals surface area contributed by atoms with Crippen molar-refractivity contribution >= 4 is 21.6 Å². The van der Waals surface area contributed by atoms with Crippen LogP contribution in [0, 0.1) is 6.92 Å². The number of anilines is 1. The maximum absolute atomic E-state index is 11.4. The molecule has 0 saturated carbocycles. The Bertz CT molecular complexity index is 535. The summed E-state index contributed by atoms with van der Waals surface area (Å²) in [5, 5.41) is 0. The Balaban J connectivity index is 2.28. The summed E-state index contributed by atoms with van der Waals surface area (Å²) >= 11 is 0. The van der Waals surface area contributed by atoms with Gasteiger partial charge in [0, 0.05) is 11.9 Å². The first-order chi connectivity index (χ1) is 7.88. The van der Waals surface area contributed by atoms with E-state index in [1.54, 1.807) is 12.1 Å². The molecular formula is C11H12NO4S. The van der Waals surface area contributed by atoms with Crippen LogP contribution in [-0.4, -0.2) is 33.4 Å². The van der Waals surface area contributed by atoms with E-state index in [-0.39, 0.29) is 4.90 Å². The van der Waals surface area contributed by atoms with Crippen LogP contribution in [0.25, 0.3) is 0 Å². The van der Waals surface area contributed by atoms with Crippen LogP contribution in [0.1, 0.15) is 0 Å². The molecule has 91 valence electrons. The second kappa shape index (κ2) is 4.03. The van der Waals surface area contributed by atoms with Gasteiger partial charge < -0.3 is 4.74 Å². The minimum absolute atomic E-state index is 0.222. The maximum atomic E-state index is 11.4. The highest BCUT2D eigenvalue weighted by molar-refractivity contribution is 7.90. The highest BCUT2D eigenvalue weighted by atomic mass is 32.2. The Morgan fingerprint density at radius 2 is 1.94 bits per heavy atom. The van der Waals surface area contributed by atoms with Gasteiger partial charge in [0.1, 0.15) is 6.10 Å². The van der Waals surface area contributed by atoms with E-state index in [1.165, 1.54) is 17.0 Å². The van der Waals surface area contributed by atoms with Gasteiger partial charge in [0.25, 0.3) is 0 Å². The fourth-order valence-corrected chi connectivity index (χ4v) is 2.24. The predicted molar refractivity (Wildman–Crippen MR) is 62.5 cm³/mol. The zero-order valence-corrected chi connectivity index (χ0v) is 10.1. The highest BCUT2D eigenvalue weighted by Gasteiger charge is 2.29. The normalized spacial score (nSPS) is 20.5. The number of nitrogens with zero attached hydrogens (tertiary/aromatic N) is 1. The van der Waals surface area contributed by atoms with E-state index in [2.05, 4.69) is 6.92 Å². The number of carbonyl (C=O) groups excluding carboxylic acids is 1. The third kappa shape index (κ3) is 2.41. The van der Waals surface area contributed by atoms with E-state index >= 15 is 0 Å². The molecule has 1 radical (unpaired) electrons. The van der Waals surface area contributed by atoms with Gasteiger partial charge in [-0.1, -0.05) is 0 Å². The first-order valence-corrected chi connectivity index (χ1v) is 6.88. The molecule has 0 N–H and O–H groups in total. The summed E-state index contributed by atoms with van der Waals surface area (Å²) in [5.41, 5.74) is 0.605. The molecule has 1 heterocycles. The molecular weight excluding hydrogens is 242 g/mol. The number of sulfone groups is 1. The molecule has 0 bridgehead atoms. The van der Waals surface area contributed by atoms with Gasteiger partial charge in [-0.15, -0.1) is 0 Å². The highest BCUT2D eigenvalue weighted by Crippen LogP contribution is 2.22. The molecule has 1 fully saturated rings. The summed E-state index contributed by atoms with van der Waals surface area (Å²) in [5.74, 6) is 0. The zero-order chi connectivity index (χ0) is 12.6. The molecule has 1 amide bonds. The van der Waals surface area contributed by atoms with Gasteiger partial charge in [-0.3, -0.25) is 4.90 Å². The van der Waals surface area contributed by atoms with Crippen LogP contribution in [0.4, 0.5) is 10.5 Å². The molecule has 0 aliphatic carbocycles. The van der Waals surface area contributed by atoms with Crippen molar-refractivity contribution in [1.82, 2.24) is 0 Å². The van der Waals surface area contributed by atoms with Crippen molar-refractivity contribution in [3.05, 3.63) is 31.2 Å². The number of rotatable bonds is 2. The molecule has 2 rings (SSSR count). The van der Waals surface area contributed by atoms with Gasteiger partial charge in [0.15, 0.2) is 9.84 Å². The minimum Gasteiger partial charge on any atom is -0.444 e. The summed E-state index contributed by atoms with van der Waals surface area (Å²) in [4.78, 5) is 13.1. The fraction of sp³-hybridized carbons (Fsp3) is 0.273. The van der Waals surface area contributed by atoms with Gasteiger partial charge in [0.05, 0.1) is 11.4 Å². The molecule has 1 saturated heterocycles. The van der Waals surface area contributed by atoms with Crippen LogP contribution in [0.15, 0.2) is 29.2 Å².